The van der Waals surface area contributed by atoms with Gasteiger partial charge in [0.15, 0.2) is 5.78 Å². The molecule has 0 saturated heterocycles. The fraction of sp³-hybridized carbons (Fsp3) is 0.462. The Morgan fingerprint density at radius 3 is 2.58 bits per heavy atom. The SMILES string of the molecule is CC(C)(C)OC(=O)NCCC(=O)c1ccc(Br)nc1. The molecule has 0 aromatic carbocycles. The van der Waals surface area contributed by atoms with E-state index < -0.39 is 11.7 Å². The molecule has 1 heterocycles. The van der Waals surface area contributed by atoms with Gasteiger partial charge in [0.05, 0.1) is 0 Å². The lowest BCUT2D eigenvalue weighted by molar-refractivity contribution is 0.0527. The van der Waals surface area contributed by atoms with Crippen molar-refractivity contribution in [3.05, 3.63) is 28.5 Å². The number of Topliss-reactive ketones (excluding diaryl/α,β-unsaturated/α-hetero) is 1. The fourth-order valence-electron chi connectivity index (χ4n) is 1.28. The third-order valence-corrected chi connectivity index (χ3v) is 2.54. The second kappa shape index (κ2) is 6.65. The Morgan fingerprint density at radius 1 is 1.37 bits per heavy atom. The number of ketones is 1. The number of hydrogen-bond donors (Lipinski definition) is 1. The molecule has 6 heteroatoms. The van der Waals surface area contributed by atoms with E-state index in [0.29, 0.717) is 10.2 Å². The standard InChI is InChI=1S/C13H17BrN2O3/c1-13(2,3)19-12(18)15-7-6-10(17)9-4-5-11(14)16-8-9/h4-5,8H,6-7H2,1-3H3,(H,15,18). The van der Waals surface area contributed by atoms with E-state index in [2.05, 4.69) is 26.2 Å². The van der Waals surface area contributed by atoms with E-state index >= 15 is 0 Å². The summed E-state index contributed by atoms with van der Waals surface area (Å²) in [6.45, 7) is 5.59. The Morgan fingerprint density at radius 2 is 2.05 bits per heavy atom. The van der Waals surface area contributed by atoms with Gasteiger partial charge in [-0.1, -0.05) is 0 Å². The molecule has 5 nitrogen and oxygen atoms in total. The molecule has 19 heavy (non-hydrogen) atoms. The number of hydrogen-bond acceptors (Lipinski definition) is 4. The zero-order valence-corrected chi connectivity index (χ0v) is 12.8. The lowest BCUT2D eigenvalue weighted by atomic mass is 10.1. The first kappa shape index (κ1) is 15.6. The van der Waals surface area contributed by atoms with Gasteiger partial charge in [-0.05, 0) is 48.8 Å². The van der Waals surface area contributed by atoms with Crippen molar-refractivity contribution < 1.29 is 14.3 Å². The van der Waals surface area contributed by atoms with Crippen LogP contribution >= 0.6 is 15.9 Å². The average Bonchev–Trinajstić information content (AvgIpc) is 2.27. The number of nitrogens with zero attached hydrogens (tertiary/aromatic N) is 1. The highest BCUT2D eigenvalue weighted by Crippen LogP contribution is 2.08. The largest absolute Gasteiger partial charge is 0.444 e. The molecule has 1 amide bonds. The van der Waals surface area contributed by atoms with Gasteiger partial charge < -0.3 is 10.1 Å². The Kier molecular flexibility index (Phi) is 5.47. The van der Waals surface area contributed by atoms with Crippen LogP contribution in [0.15, 0.2) is 22.9 Å². The number of carbonyl (C=O) groups excluding carboxylic acids is 2. The van der Waals surface area contributed by atoms with Crippen LogP contribution in [0.25, 0.3) is 0 Å². The van der Waals surface area contributed by atoms with Crippen molar-refractivity contribution >= 4 is 27.8 Å². The van der Waals surface area contributed by atoms with Crippen molar-refractivity contribution in [1.82, 2.24) is 10.3 Å². The van der Waals surface area contributed by atoms with Gasteiger partial charge in [0, 0.05) is 24.7 Å². The van der Waals surface area contributed by atoms with Gasteiger partial charge in [0.25, 0.3) is 0 Å². The molecule has 1 aromatic heterocycles. The lowest BCUT2D eigenvalue weighted by Gasteiger charge is -2.19. The zero-order valence-electron chi connectivity index (χ0n) is 11.2. The van der Waals surface area contributed by atoms with E-state index in [9.17, 15) is 9.59 Å². The second-order valence-corrected chi connectivity index (χ2v) is 5.78. The minimum Gasteiger partial charge on any atom is -0.444 e. The first-order valence-electron chi connectivity index (χ1n) is 5.89. The maximum Gasteiger partial charge on any atom is 0.407 e. The molecule has 0 unspecified atom stereocenters. The monoisotopic (exact) mass is 328 g/mol. The number of carbonyl (C=O) groups is 2. The van der Waals surface area contributed by atoms with Crippen molar-refractivity contribution in [2.45, 2.75) is 32.8 Å². The number of rotatable bonds is 4. The summed E-state index contributed by atoms with van der Waals surface area (Å²) in [5, 5.41) is 2.54. The Balaban J connectivity index is 2.35. The fourth-order valence-corrected chi connectivity index (χ4v) is 1.51. The first-order valence-corrected chi connectivity index (χ1v) is 6.69. The van der Waals surface area contributed by atoms with Gasteiger partial charge in [0.1, 0.15) is 10.2 Å². The predicted molar refractivity (Wildman–Crippen MR) is 75.1 cm³/mol. The predicted octanol–water partition coefficient (Wildman–Crippen LogP) is 2.94. The van der Waals surface area contributed by atoms with Crippen LogP contribution in [0.4, 0.5) is 4.79 Å². The van der Waals surface area contributed by atoms with Gasteiger partial charge in [-0.3, -0.25) is 4.79 Å². The van der Waals surface area contributed by atoms with Crippen molar-refractivity contribution in [2.75, 3.05) is 6.54 Å². The zero-order chi connectivity index (χ0) is 14.5. The van der Waals surface area contributed by atoms with Crippen LogP contribution in [0, 0.1) is 0 Å². The summed E-state index contributed by atoms with van der Waals surface area (Å²) in [5.41, 5.74) is -0.0156. The number of alkyl carbamates (subject to hydrolysis) is 1. The molecular weight excluding hydrogens is 312 g/mol. The summed E-state index contributed by atoms with van der Waals surface area (Å²) < 4.78 is 5.74. The highest BCUT2D eigenvalue weighted by Gasteiger charge is 2.16. The maximum absolute atomic E-state index is 11.8. The molecule has 1 rings (SSSR count). The van der Waals surface area contributed by atoms with E-state index in [1.54, 1.807) is 32.9 Å². The van der Waals surface area contributed by atoms with Crippen molar-refractivity contribution in [2.24, 2.45) is 0 Å². The molecule has 1 aromatic rings. The van der Waals surface area contributed by atoms with Gasteiger partial charge in [-0.15, -0.1) is 0 Å². The van der Waals surface area contributed by atoms with Gasteiger partial charge in [-0.2, -0.15) is 0 Å². The molecule has 1 N–H and O–H groups in total. The number of amides is 1. The third kappa shape index (κ3) is 6.33. The summed E-state index contributed by atoms with van der Waals surface area (Å²) in [6, 6.07) is 3.39. The van der Waals surface area contributed by atoms with Crippen molar-refractivity contribution in [3.63, 3.8) is 0 Å². The van der Waals surface area contributed by atoms with E-state index in [-0.39, 0.29) is 18.7 Å². The molecule has 0 atom stereocenters. The van der Waals surface area contributed by atoms with Crippen LogP contribution < -0.4 is 5.32 Å². The molecule has 0 aliphatic carbocycles. The molecule has 0 aliphatic rings. The number of ether oxygens (including phenoxy) is 1. The summed E-state index contributed by atoms with van der Waals surface area (Å²) >= 11 is 3.20. The van der Waals surface area contributed by atoms with Gasteiger partial charge in [0.2, 0.25) is 0 Å². The summed E-state index contributed by atoms with van der Waals surface area (Å²) in [7, 11) is 0. The van der Waals surface area contributed by atoms with Crippen LogP contribution in [-0.2, 0) is 4.74 Å². The molecule has 0 fully saturated rings. The van der Waals surface area contributed by atoms with Crippen LogP contribution in [0.5, 0.6) is 0 Å². The molecule has 0 radical (unpaired) electrons. The minimum absolute atomic E-state index is 0.0731. The van der Waals surface area contributed by atoms with Crippen LogP contribution in [0.3, 0.4) is 0 Å². The van der Waals surface area contributed by atoms with Crippen molar-refractivity contribution in [3.8, 4) is 0 Å². The molecule has 104 valence electrons. The number of halogens is 1. The molecule has 0 saturated carbocycles. The quantitative estimate of drug-likeness (QED) is 0.681. The Labute approximate surface area is 120 Å². The number of aromatic nitrogens is 1. The van der Waals surface area contributed by atoms with E-state index in [4.69, 9.17) is 4.74 Å². The molecule has 0 bridgehead atoms. The lowest BCUT2D eigenvalue weighted by Crippen LogP contribution is -2.33. The highest BCUT2D eigenvalue weighted by molar-refractivity contribution is 9.10. The normalized spacial score (nSPS) is 10.9. The van der Waals surface area contributed by atoms with Crippen LogP contribution in [-0.4, -0.2) is 29.0 Å². The maximum atomic E-state index is 11.8. The molecule has 0 aliphatic heterocycles. The molecule has 0 spiro atoms. The summed E-state index contributed by atoms with van der Waals surface area (Å²) in [5.74, 6) is -0.0731. The van der Waals surface area contributed by atoms with Crippen LogP contribution in [0.2, 0.25) is 0 Å². The van der Waals surface area contributed by atoms with E-state index in [1.165, 1.54) is 6.20 Å². The summed E-state index contributed by atoms with van der Waals surface area (Å²) in [4.78, 5) is 27.1. The van der Waals surface area contributed by atoms with E-state index in [1.807, 2.05) is 0 Å². The van der Waals surface area contributed by atoms with E-state index in [0.717, 1.165) is 0 Å². The van der Waals surface area contributed by atoms with Crippen LogP contribution in [0.1, 0.15) is 37.6 Å². The highest BCUT2D eigenvalue weighted by atomic mass is 79.9. The minimum atomic E-state index is -0.538. The van der Waals surface area contributed by atoms with Crippen molar-refractivity contribution in [1.29, 1.82) is 0 Å². The molecular formula is C13H17BrN2O3. The van der Waals surface area contributed by atoms with Gasteiger partial charge in [-0.25, -0.2) is 9.78 Å². The smallest absolute Gasteiger partial charge is 0.407 e. The number of pyridine rings is 1. The topological polar surface area (TPSA) is 68.3 Å². The van der Waals surface area contributed by atoms with Gasteiger partial charge >= 0.3 is 6.09 Å². The third-order valence-electron chi connectivity index (χ3n) is 2.07. The first-order chi connectivity index (χ1) is 8.78. The second-order valence-electron chi connectivity index (χ2n) is 4.97. The Bertz CT molecular complexity index is 452. The average molecular weight is 329 g/mol. The number of nitrogens with one attached hydrogen (secondary N) is 1. The summed E-state index contributed by atoms with van der Waals surface area (Å²) in [6.07, 6.45) is 1.19. The Hall–Kier alpha value is -1.43.